The largest absolute Gasteiger partial charge is 0.328 e. The lowest BCUT2D eigenvalue weighted by atomic mass is 10.0. The van der Waals surface area contributed by atoms with Gasteiger partial charge in [-0.2, -0.15) is 0 Å². The molecule has 1 atom stereocenters. The molecular formula is C10H13ClFN. The van der Waals surface area contributed by atoms with Crippen LogP contribution in [0.5, 0.6) is 0 Å². The molecule has 0 spiro atoms. The number of hydrogen-bond acceptors (Lipinski definition) is 1. The maximum Gasteiger partial charge on any atom is 0.142 e. The van der Waals surface area contributed by atoms with E-state index < -0.39 is 0 Å². The standard InChI is InChI=1S/C10H13ClFN/c1-6-3-4-9(12)10(11)8(6)5-7(2)13/h3-4,7H,5,13H2,1-2H3. The van der Waals surface area contributed by atoms with Crippen molar-refractivity contribution in [3.8, 4) is 0 Å². The molecule has 0 aromatic heterocycles. The van der Waals surface area contributed by atoms with Crippen LogP contribution in [0.4, 0.5) is 4.39 Å². The molecule has 0 bridgehead atoms. The summed E-state index contributed by atoms with van der Waals surface area (Å²) in [6.45, 7) is 3.78. The highest BCUT2D eigenvalue weighted by atomic mass is 35.5. The summed E-state index contributed by atoms with van der Waals surface area (Å²) in [7, 11) is 0. The highest BCUT2D eigenvalue weighted by Gasteiger charge is 2.10. The summed E-state index contributed by atoms with van der Waals surface area (Å²) in [5.41, 5.74) is 7.44. The minimum Gasteiger partial charge on any atom is -0.328 e. The van der Waals surface area contributed by atoms with Crippen LogP contribution in [0.25, 0.3) is 0 Å². The molecule has 1 nitrogen and oxygen atoms in total. The van der Waals surface area contributed by atoms with Gasteiger partial charge in [0.1, 0.15) is 5.82 Å². The Labute approximate surface area is 82.7 Å². The average molecular weight is 202 g/mol. The van der Waals surface area contributed by atoms with Gasteiger partial charge in [0.2, 0.25) is 0 Å². The summed E-state index contributed by atoms with van der Waals surface area (Å²) in [6.07, 6.45) is 0.614. The Morgan fingerprint density at radius 3 is 2.69 bits per heavy atom. The van der Waals surface area contributed by atoms with Gasteiger partial charge in [0.25, 0.3) is 0 Å². The second kappa shape index (κ2) is 4.07. The lowest BCUT2D eigenvalue weighted by molar-refractivity contribution is 0.622. The van der Waals surface area contributed by atoms with Gasteiger partial charge in [0.05, 0.1) is 5.02 Å². The smallest absolute Gasteiger partial charge is 0.142 e. The predicted molar refractivity (Wildman–Crippen MR) is 53.5 cm³/mol. The minimum absolute atomic E-state index is 0.00185. The van der Waals surface area contributed by atoms with Crippen LogP contribution in [0.3, 0.4) is 0 Å². The number of benzene rings is 1. The first kappa shape index (κ1) is 10.5. The van der Waals surface area contributed by atoms with E-state index in [1.165, 1.54) is 6.07 Å². The van der Waals surface area contributed by atoms with Gasteiger partial charge in [0.15, 0.2) is 0 Å². The summed E-state index contributed by atoms with van der Waals surface area (Å²) in [6, 6.07) is 3.10. The Kier molecular flexibility index (Phi) is 3.28. The molecule has 0 fully saturated rings. The molecule has 0 aliphatic carbocycles. The molecule has 0 heterocycles. The highest BCUT2D eigenvalue weighted by molar-refractivity contribution is 6.31. The third-order valence-corrected chi connectivity index (χ3v) is 2.37. The summed E-state index contributed by atoms with van der Waals surface area (Å²) in [4.78, 5) is 0. The Morgan fingerprint density at radius 1 is 1.54 bits per heavy atom. The van der Waals surface area contributed by atoms with Gasteiger partial charge in [0, 0.05) is 6.04 Å². The lowest BCUT2D eigenvalue weighted by Crippen LogP contribution is -2.18. The van der Waals surface area contributed by atoms with Crippen molar-refractivity contribution in [3.63, 3.8) is 0 Å². The molecule has 1 rings (SSSR count). The van der Waals surface area contributed by atoms with Gasteiger partial charge in [-0.1, -0.05) is 17.7 Å². The molecule has 0 amide bonds. The van der Waals surface area contributed by atoms with Gasteiger partial charge < -0.3 is 5.73 Å². The molecular weight excluding hydrogens is 189 g/mol. The first-order valence-electron chi connectivity index (χ1n) is 4.21. The van der Waals surface area contributed by atoms with E-state index in [1.807, 2.05) is 13.8 Å². The summed E-state index contributed by atoms with van der Waals surface area (Å²) in [5.74, 6) is -0.372. The zero-order valence-corrected chi connectivity index (χ0v) is 8.53. The molecule has 13 heavy (non-hydrogen) atoms. The lowest BCUT2D eigenvalue weighted by Gasteiger charge is -2.11. The van der Waals surface area contributed by atoms with E-state index >= 15 is 0 Å². The summed E-state index contributed by atoms with van der Waals surface area (Å²) < 4.78 is 13.0. The molecule has 1 unspecified atom stereocenters. The zero-order valence-electron chi connectivity index (χ0n) is 7.77. The zero-order chi connectivity index (χ0) is 10.0. The molecule has 0 radical (unpaired) electrons. The van der Waals surface area contributed by atoms with Crippen molar-refractivity contribution >= 4 is 11.6 Å². The van der Waals surface area contributed by atoms with Crippen LogP contribution in [0.1, 0.15) is 18.1 Å². The Hall–Kier alpha value is -0.600. The summed E-state index contributed by atoms with van der Waals surface area (Å²) >= 11 is 5.81. The van der Waals surface area contributed by atoms with Crippen LogP contribution in [0, 0.1) is 12.7 Å². The van der Waals surface area contributed by atoms with Crippen molar-refractivity contribution in [1.82, 2.24) is 0 Å². The fourth-order valence-electron chi connectivity index (χ4n) is 1.26. The van der Waals surface area contributed by atoms with Crippen molar-refractivity contribution < 1.29 is 4.39 Å². The van der Waals surface area contributed by atoms with Crippen molar-refractivity contribution in [1.29, 1.82) is 0 Å². The van der Waals surface area contributed by atoms with E-state index in [4.69, 9.17) is 17.3 Å². The molecule has 0 saturated carbocycles. The monoisotopic (exact) mass is 201 g/mol. The topological polar surface area (TPSA) is 26.0 Å². The molecule has 2 N–H and O–H groups in total. The van der Waals surface area contributed by atoms with Crippen LogP contribution in [-0.2, 0) is 6.42 Å². The predicted octanol–water partition coefficient (Wildman–Crippen LogP) is 2.68. The van der Waals surface area contributed by atoms with Crippen molar-refractivity contribution in [2.45, 2.75) is 26.3 Å². The van der Waals surface area contributed by atoms with Gasteiger partial charge in [-0.15, -0.1) is 0 Å². The Morgan fingerprint density at radius 2 is 2.15 bits per heavy atom. The number of halogens is 2. The van der Waals surface area contributed by atoms with Gasteiger partial charge >= 0.3 is 0 Å². The van der Waals surface area contributed by atoms with Gasteiger partial charge in [-0.25, -0.2) is 4.39 Å². The van der Waals surface area contributed by atoms with Gasteiger partial charge in [-0.3, -0.25) is 0 Å². The quantitative estimate of drug-likeness (QED) is 0.783. The molecule has 1 aromatic carbocycles. The number of rotatable bonds is 2. The molecule has 72 valence electrons. The third-order valence-electron chi connectivity index (χ3n) is 1.96. The second-order valence-corrected chi connectivity index (χ2v) is 3.72. The molecule has 0 saturated heterocycles. The van der Waals surface area contributed by atoms with E-state index in [2.05, 4.69) is 0 Å². The molecule has 3 heteroatoms. The van der Waals surface area contributed by atoms with Crippen molar-refractivity contribution in [3.05, 3.63) is 34.1 Å². The van der Waals surface area contributed by atoms with Gasteiger partial charge in [-0.05, 0) is 37.5 Å². The number of nitrogens with two attached hydrogens (primary N) is 1. The average Bonchev–Trinajstić information content (AvgIpc) is 2.05. The first-order valence-corrected chi connectivity index (χ1v) is 4.59. The van der Waals surface area contributed by atoms with Crippen molar-refractivity contribution in [2.75, 3.05) is 0 Å². The minimum atomic E-state index is -0.372. The van der Waals surface area contributed by atoms with E-state index in [-0.39, 0.29) is 16.9 Å². The third kappa shape index (κ3) is 2.42. The van der Waals surface area contributed by atoms with Crippen LogP contribution in [-0.4, -0.2) is 6.04 Å². The maximum atomic E-state index is 13.0. The van der Waals surface area contributed by atoms with Crippen LogP contribution in [0.15, 0.2) is 12.1 Å². The van der Waals surface area contributed by atoms with E-state index in [0.717, 1.165) is 11.1 Å². The van der Waals surface area contributed by atoms with E-state index in [9.17, 15) is 4.39 Å². The van der Waals surface area contributed by atoms with Crippen LogP contribution < -0.4 is 5.73 Å². The SMILES string of the molecule is Cc1ccc(F)c(Cl)c1CC(C)N. The fourth-order valence-corrected chi connectivity index (χ4v) is 1.55. The van der Waals surface area contributed by atoms with E-state index in [1.54, 1.807) is 6.07 Å². The van der Waals surface area contributed by atoms with Crippen molar-refractivity contribution in [2.24, 2.45) is 5.73 Å². The molecule has 0 aliphatic heterocycles. The number of aryl methyl sites for hydroxylation is 1. The van der Waals surface area contributed by atoms with E-state index in [0.29, 0.717) is 6.42 Å². The van der Waals surface area contributed by atoms with Crippen LogP contribution >= 0.6 is 11.6 Å². The Balaban J connectivity index is 3.10. The fraction of sp³-hybridized carbons (Fsp3) is 0.400. The number of hydrogen-bond donors (Lipinski definition) is 1. The molecule has 1 aromatic rings. The first-order chi connectivity index (χ1) is 6.02. The molecule has 0 aliphatic rings. The highest BCUT2D eigenvalue weighted by Crippen LogP contribution is 2.24. The van der Waals surface area contributed by atoms with Crippen LogP contribution in [0.2, 0.25) is 5.02 Å². The maximum absolute atomic E-state index is 13.0. The Bertz CT molecular complexity index is 310. The summed E-state index contributed by atoms with van der Waals surface area (Å²) in [5, 5.41) is 0.206. The second-order valence-electron chi connectivity index (χ2n) is 3.34. The normalized spacial score (nSPS) is 13.0.